The summed E-state index contributed by atoms with van der Waals surface area (Å²) >= 11 is 0. The number of benzene rings is 2. The number of ketones is 1. The lowest BCUT2D eigenvalue weighted by atomic mass is 9.95. The van der Waals surface area contributed by atoms with Gasteiger partial charge in [-0.1, -0.05) is 48.5 Å². The van der Waals surface area contributed by atoms with E-state index in [4.69, 9.17) is 0 Å². The van der Waals surface area contributed by atoms with Gasteiger partial charge in [0.25, 0.3) is 0 Å². The molecule has 0 saturated carbocycles. The Morgan fingerprint density at radius 2 is 1.62 bits per heavy atom. The van der Waals surface area contributed by atoms with Gasteiger partial charge < -0.3 is 10.3 Å². The number of aromatic amines is 1. The van der Waals surface area contributed by atoms with Crippen LogP contribution in [0.3, 0.4) is 0 Å². The van der Waals surface area contributed by atoms with E-state index in [1.807, 2.05) is 81.6 Å². The van der Waals surface area contributed by atoms with Crippen molar-refractivity contribution in [3.05, 3.63) is 71.9 Å². The molecule has 1 aliphatic rings. The summed E-state index contributed by atoms with van der Waals surface area (Å²) in [5.41, 5.74) is 2.46. The summed E-state index contributed by atoms with van der Waals surface area (Å²) in [7, 11) is 0. The highest BCUT2D eigenvalue weighted by Gasteiger charge is 2.32. The summed E-state index contributed by atoms with van der Waals surface area (Å²) in [6.07, 6.45) is 1.83. The molecule has 1 aliphatic heterocycles. The molecule has 1 atom stereocenters. The van der Waals surface area contributed by atoms with E-state index in [0.29, 0.717) is 6.54 Å². The smallest absolute Gasteiger partial charge is 0.234 e. The number of H-pyrrole nitrogens is 1. The molecule has 1 saturated heterocycles. The van der Waals surface area contributed by atoms with E-state index in [1.165, 1.54) is 0 Å². The Balaban J connectivity index is 1.51. The predicted octanol–water partition coefficient (Wildman–Crippen LogP) is 3.62. The van der Waals surface area contributed by atoms with E-state index in [2.05, 4.69) is 20.1 Å². The van der Waals surface area contributed by atoms with E-state index >= 15 is 0 Å². The van der Waals surface area contributed by atoms with E-state index < -0.39 is 0 Å². The second kappa shape index (κ2) is 9.27. The SMILES string of the molecule is CC(C)(C)NC(=O)CN1CCN(C(C(=O)c2c[nH]c3ccccc23)c2ccccc2)CC1. The quantitative estimate of drug-likeness (QED) is 0.584. The van der Waals surface area contributed by atoms with Gasteiger partial charge in [-0.25, -0.2) is 0 Å². The van der Waals surface area contributed by atoms with Gasteiger partial charge in [0.2, 0.25) is 5.91 Å². The number of rotatable bonds is 6. The Morgan fingerprint density at radius 3 is 2.31 bits per heavy atom. The van der Waals surface area contributed by atoms with Crippen molar-refractivity contribution >= 4 is 22.6 Å². The zero-order chi connectivity index (χ0) is 22.7. The fourth-order valence-corrected chi connectivity index (χ4v) is 4.43. The number of fused-ring (bicyclic) bond motifs is 1. The van der Waals surface area contributed by atoms with Crippen molar-refractivity contribution in [2.45, 2.75) is 32.4 Å². The lowest BCUT2D eigenvalue weighted by Gasteiger charge is -2.38. The molecule has 32 heavy (non-hydrogen) atoms. The van der Waals surface area contributed by atoms with Crippen LogP contribution in [-0.4, -0.2) is 64.7 Å². The van der Waals surface area contributed by atoms with Crippen molar-refractivity contribution in [1.82, 2.24) is 20.1 Å². The largest absolute Gasteiger partial charge is 0.360 e. The van der Waals surface area contributed by atoms with Gasteiger partial charge in [-0.2, -0.15) is 0 Å². The van der Waals surface area contributed by atoms with Crippen LogP contribution >= 0.6 is 0 Å². The second-order valence-corrected chi connectivity index (χ2v) is 9.54. The summed E-state index contributed by atoms with van der Waals surface area (Å²) in [6.45, 7) is 9.32. The highest BCUT2D eigenvalue weighted by molar-refractivity contribution is 6.10. The van der Waals surface area contributed by atoms with Crippen molar-refractivity contribution in [2.24, 2.45) is 0 Å². The van der Waals surface area contributed by atoms with Gasteiger partial charge in [0.05, 0.1) is 12.6 Å². The van der Waals surface area contributed by atoms with Crippen molar-refractivity contribution in [3.63, 3.8) is 0 Å². The van der Waals surface area contributed by atoms with Gasteiger partial charge in [-0.3, -0.25) is 19.4 Å². The van der Waals surface area contributed by atoms with Crippen LogP contribution in [0.25, 0.3) is 10.9 Å². The molecule has 6 nitrogen and oxygen atoms in total. The molecule has 2 aromatic carbocycles. The first-order valence-corrected chi connectivity index (χ1v) is 11.2. The summed E-state index contributed by atoms with van der Waals surface area (Å²) in [6, 6.07) is 17.6. The topological polar surface area (TPSA) is 68.4 Å². The Bertz CT molecular complexity index is 1080. The van der Waals surface area contributed by atoms with Crippen molar-refractivity contribution in [2.75, 3.05) is 32.7 Å². The number of hydrogen-bond donors (Lipinski definition) is 2. The van der Waals surface area contributed by atoms with Crippen molar-refractivity contribution in [3.8, 4) is 0 Å². The number of para-hydroxylation sites is 1. The van der Waals surface area contributed by atoms with Crippen LogP contribution in [0.2, 0.25) is 0 Å². The highest BCUT2D eigenvalue weighted by atomic mass is 16.2. The van der Waals surface area contributed by atoms with Gasteiger partial charge in [0.15, 0.2) is 5.78 Å². The van der Waals surface area contributed by atoms with Crippen molar-refractivity contribution < 1.29 is 9.59 Å². The number of Topliss-reactive ketones (excluding diaryl/α,β-unsaturated/α-hetero) is 1. The van der Waals surface area contributed by atoms with Crippen LogP contribution in [-0.2, 0) is 4.79 Å². The maximum Gasteiger partial charge on any atom is 0.234 e. The fraction of sp³-hybridized carbons (Fsp3) is 0.385. The molecule has 1 amide bonds. The number of amides is 1. The van der Waals surface area contributed by atoms with Crippen LogP contribution in [0.4, 0.5) is 0 Å². The van der Waals surface area contributed by atoms with E-state index in [9.17, 15) is 9.59 Å². The number of carbonyl (C=O) groups excluding carboxylic acids is 2. The maximum absolute atomic E-state index is 13.8. The van der Waals surface area contributed by atoms with Gasteiger partial charge in [-0.15, -0.1) is 0 Å². The fourth-order valence-electron chi connectivity index (χ4n) is 4.43. The Morgan fingerprint density at radius 1 is 0.969 bits per heavy atom. The van der Waals surface area contributed by atoms with Crippen LogP contribution in [0.15, 0.2) is 60.8 Å². The molecule has 4 rings (SSSR count). The van der Waals surface area contributed by atoms with Crippen LogP contribution in [0, 0.1) is 0 Å². The number of carbonyl (C=O) groups is 2. The first-order valence-electron chi connectivity index (χ1n) is 11.2. The average Bonchev–Trinajstić information content (AvgIpc) is 3.19. The molecule has 2 heterocycles. The first-order chi connectivity index (χ1) is 15.3. The molecule has 1 aromatic heterocycles. The first kappa shape index (κ1) is 22.2. The lowest BCUT2D eigenvalue weighted by Crippen LogP contribution is -2.53. The van der Waals surface area contributed by atoms with Gasteiger partial charge in [-0.05, 0) is 32.4 Å². The minimum absolute atomic E-state index is 0.0421. The zero-order valence-electron chi connectivity index (χ0n) is 19.1. The third-order valence-electron chi connectivity index (χ3n) is 5.87. The molecular weight excluding hydrogens is 400 g/mol. The molecule has 0 aliphatic carbocycles. The zero-order valence-corrected chi connectivity index (χ0v) is 19.1. The number of nitrogens with zero attached hydrogens (tertiary/aromatic N) is 2. The Hall–Kier alpha value is -2.96. The summed E-state index contributed by atoms with van der Waals surface area (Å²) in [4.78, 5) is 33.8. The Labute approximate surface area is 189 Å². The highest BCUT2D eigenvalue weighted by Crippen LogP contribution is 2.29. The van der Waals surface area contributed by atoms with Gasteiger partial charge in [0.1, 0.15) is 0 Å². The van der Waals surface area contributed by atoms with Crippen LogP contribution in [0.1, 0.15) is 42.7 Å². The normalized spacial score (nSPS) is 16.7. The third kappa shape index (κ3) is 5.09. The molecule has 0 radical (unpaired) electrons. The van der Waals surface area contributed by atoms with E-state index in [0.717, 1.165) is 48.2 Å². The minimum Gasteiger partial charge on any atom is -0.360 e. The number of aromatic nitrogens is 1. The number of nitrogens with one attached hydrogen (secondary N) is 2. The van der Waals surface area contributed by atoms with Gasteiger partial charge in [0, 0.05) is 54.4 Å². The molecule has 2 N–H and O–H groups in total. The monoisotopic (exact) mass is 432 g/mol. The van der Waals surface area contributed by atoms with Gasteiger partial charge >= 0.3 is 0 Å². The summed E-state index contributed by atoms with van der Waals surface area (Å²) in [5, 5.41) is 3.98. The molecular formula is C26H32N4O2. The summed E-state index contributed by atoms with van der Waals surface area (Å²) < 4.78 is 0. The minimum atomic E-state index is -0.346. The second-order valence-electron chi connectivity index (χ2n) is 9.54. The molecule has 0 bridgehead atoms. The summed E-state index contributed by atoms with van der Waals surface area (Å²) in [5.74, 6) is 0.146. The standard InChI is InChI=1S/C26H32N4O2/c1-26(2,3)28-23(31)18-29-13-15-30(16-14-29)24(19-9-5-4-6-10-19)25(32)21-17-27-22-12-8-7-11-20(21)22/h4-12,17,24,27H,13-16,18H2,1-3H3,(H,28,31). The third-order valence-corrected chi connectivity index (χ3v) is 5.87. The average molecular weight is 433 g/mol. The molecule has 3 aromatic rings. The van der Waals surface area contributed by atoms with E-state index in [-0.39, 0.29) is 23.3 Å². The molecule has 1 unspecified atom stereocenters. The maximum atomic E-state index is 13.8. The number of piperazine rings is 1. The lowest BCUT2D eigenvalue weighted by molar-refractivity contribution is -0.124. The predicted molar refractivity (Wildman–Crippen MR) is 128 cm³/mol. The van der Waals surface area contributed by atoms with Crippen LogP contribution in [0.5, 0.6) is 0 Å². The molecule has 6 heteroatoms. The number of hydrogen-bond acceptors (Lipinski definition) is 4. The molecule has 1 fully saturated rings. The molecule has 168 valence electrons. The molecule has 0 spiro atoms. The van der Waals surface area contributed by atoms with Crippen molar-refractivity contribution in [1.29, 1.82) is 0 Å². The van der Waals surface area contributed by atoms with Crippen LogP contribution < -0.4 is 5.32 Å². The Kier molecular flexibility index (Phi) is 6.44. The van der Waals surface area contributed by atoms with E-state index in [1.54, 1.807) is 0 Å².